The molecule has 1 saturated heterocycles. The molecule has 1 aromatic rings. The van der Waals surface area contributed by atoms with Gasteiger partial charge >= 0.3 is 22.1 Å². The maximum Gasteiger partial charge on any atom is 0.328 e. The highest BCUT2D eigenvalue weighted by atomic mass is 32.2. The van der Waals surface area contributed by atoms with E-state index in [0.29, 0.717) is 6.61 Å². The second kappa shape index (κ2) is 21.1. The van der Waals surface area contributed by atoms with Crippen LogP contribution in [0.4, 0.5) is 0 Å². The van der Waals surface area contributed by atoms with Crippen LogP contribution in [0, 0.1) is 6.92 Å². The largest absolute Gasteiger partial charge is 0.465 e. The Labute approximate surface area is 258 Å². The van der Waals surface area contributed by atoms with E-state index >= 15 is 0 Å². The monoisotopic (exact) mass is 627 g/mol. The first kappa shape index (κ1) is 36.6. The van der Waals surface area contributed by atoms with E-state index < -0.39 is 33.5 Å². The number of aryl methyl sites for hydroxylation is 1. The molecule has 1 aliphatic rings. The third-order valence-corrected chi connectivity index (χ3v) is 9.79. The van der Waals surface area contributed by atoms with Crippen LogP contribution in [0.2, 0.25) is 0 Å². The Morgan fingerprint density at radius 2 is 1.26 bits per heavy atom. The van der Waals surface area contributed by atoms with Crippen LogP contribution in [0.5, 0.6) is 0 Å². The number of rotatable bonds is 25. The lowest BCUT2D eigenvalue weighted by Gasteiger charge is -2.07. The topological polar surface area (TPSA) is 99.0 Å². The Morgan fingerprint density at radius 3 is 1.76 bits per heavy atom. The van der Waals surface area contributed by atoms with E-state index in [0.717, 1.165) is 41.7 Å². The number of ether oxygens (including phenoxy) is 2. The number of thioether (sulfide) groups is 1. The summed E-state index contributed by atoms with van der Waals surface area (Å²) in [5.41, 5.74) is 0.914. The molecule has 3 atom stereocenters. The third kappa shape index (κ3) is 14.7. The smallest absolute Gasteiger partial charge is 0.328 e. The van der Waals surface area contributed by atoms with Gasteiger partial charge in [0.15, 0.2) is 6.04 Å². The van der Waals surface area contributed by atoms with Gasteiger partial charge in [-0.25, -0.2) is 0 Å². The number of carbonyl (C=O) groups excluding carboxylic acids is 2. The molecular formula is C32H53NO7S2. The van der Waals surface area contributed by atoms with Gasteiger partial charge in [-0.1, -0.05) is 121 Å². The molecule has 1 heterocycles. The molecule has 0 spiro atoms. The molecule has 1 aromatic carbocycles. The maximum absolute atomic E-state index is 12.7. The van der Waals surface area contributed by atoms with Crippen molar-refractivity contribution in [1.29, 1.82) is 0 Å². The fraction of sp³-hybridized carbons (Fsp3) is 0.750. The summed E-state index contributed by atoms with van der Waals surface area (Å²) in [4.78, 5) is 24.6. The SMILES string of the molecule is CCCCCCCCCCCCCCCCCCOC(=O)CSC1C(C(=O)OCC)N1OS(=O)(=O)c1ccc(C)cc1. The maximum atomic E-state index is 12.7. The first-order valence-corrected chi connectivity index (χ1v) is 18.5. The molecule has 0 saturated carbocycles. The zero-order valence-electron chi connectivity index (χ0n) is 26.0. The zero-order valence-corrected chi connectivity index (χ0v) is 27.7. The highest BCUT2D eigenvalue weighted by Gasteiger charge is 2.58. The Morgan fingerprint density at radius 1 is 0.762 bits per heavy atom. The van der Waals surface area contributed by atoms with Gasteiger partial charge in [0.2, 0.25) is 0 Å². The van der Waals surface area contributed by atoms with Crippen molar-refractivity contribution in [3.63, 3.8) is 0 Å². The molecule has 0 amide bonds. The minimum Gasteiger partial charge on any atom is -0.465 e. The molecule has 0 radical (unpaired) electrons. The molecule has 2 rings (SSSR count). The number of esters is 2. The van der Waals surface area contributed by atoms with Crippen molar-refractivity contribution >= 4 is 33.8 Å². The van der Waals surface area contributed by atoms with Crippen LogP contribution in [0.3, 0.4) is 0 Å². The highest BCUT2D eigenvalue weighted by Crippen LogP contribution is 2.40. The summed E-state index contributed by atoms with van der Waals surface area (Å²) < 4.78 is 41.0. The van der Waals surface area contributed by atoms with Crippen molar-refractivity contribution in [1.82, 2.24) is 5.06 Å². The normalized spacial score (nSPS) is 18.1. The van der Waals surface area contributed by atoms with Gasteiger partial charge in [0.1, 0.15) is 5.37 Å². The first-order chi connectivity index (χ1) is 20.3. The quantitative estimate of drug-likeness (QED) is 0.0613. The lowest BCUT2D eigenvalue weighted by Crippen LogP contribution is -2.19. The number of unbranched alkanes of at least 4 members (excludes halogenated alkanes) is 15. The Kier molecular flexibility index (Phi) is 18.4. The summed E-state index contributed by atoms with van der Waals surface area (Å²) >= 11 is 1.11. The number of hydroxylamine groups is 2. The van der Waals surface area contributed by atoms with Crippen LogP contribution in [0.1, 0.15) is 122 Å². The van der Waals surface area contributed by atoms with Gasteiger partial charge in [-0.05, 0) is 32.4 Å². The van der Waals surface area contributed by atoms with Gasteiger partial charge in [-0.15, -0.1) is 16.8 Å². The van der Waals surface area contributed by atoms with Gasteiger partial charge in [-0.3, -0.25) is 9.59 Å². The molecular weight excluding hydrogens is 574 g/mol. The molecule has 1 fully saturated rings. The van der Waals surface area contributed by atoms with Crippen molar-refractivity contribution in [2.75, 3.05) is 19.0 Å². The summed E-state index contributed by atoms with van der Waals surface area (Å²) in [6.07, 6.45) is 20.6. The average Bonchev–Trinajstić information content (AvgIpc) is 3.65. The van der Waals surface area contributed by atoms with Crippen molar-refractivity contribution in [2.24, 2.45) is 0 Å². The second-order valence-corrected chi connectivity index (χ2v) is 13.8. The summed E-state index contributed by atoms with van der Waals surface area (Å²) in [6.45, 7) is 6.31. The summed E-state index contributed by atoms with van der Waals surface area (Å²) in [6, 6.07) is 5.34. The lowest BCUT2D eigenvalue weighted by molar-refractivity contribution is -0.145. The van der Waals surface area contributed by atoms with E-state index in [-0.39, 0.29) is 17.3 Å². The van der Waals surface area contributed by atoms with E-state index in [2.05, 4.69) is 6.92 Å². The van der Waals surface area contributed by atoms with E-state index in [1.165, 1.54) is 95.6 Å². The molecule has 3 unspecified atom stereocenters. The summed E-state index contributed by atoms with van der Waals surface area (Å²) in [5.74, 6) is -0.989. The number of carbonyl (C=O) groups is 2. The van der Waals surface area contributed by atoms with Crippen LogP contribution in [-0.2, 0) is 33.5 Å². The van der Waals surface area contributed by atoms with Gasteiger partial charge in [-0.2, -0.15) is 12.7 Å². The number of hydrogen-bond acceptors (Lipinski definition) is 9. The molecule has 42 heavy (non-hydrogen) atoms. The zero-order chi connectivity index (χ0) is 30.6. The molecule has 0 aromatic heterocycles. The van der Waals surface area contributed by atoms with E-state index in [1.807, 2.05) is 6.92 Å². The number of benzene rings is 1. The molecule has 1 aliphatic heterocycles. The van der Waals surface area contributed by atoms with Crippen LogP contribution >= 0.6 is 11.8 Å². The van der Waals surface area contributed by atoms with Crippen molar-refractivity contribution in [2.45, 2.75) is 140 Å². The molecule has 240 valence electrons. The van der Waals surface area contributed by atoms with E-state index in [1.54, 1.807) is 19.1 Å². The average molecular weight is 628 g/mol. The van der Waals surface area contributed by atoms with Crippen molar-refractivity contribution < 1.29 is 31.8 Å². The number of nitrogens with zero attached hydrogens (tertiary/aromatic N) is 1. The van der Waals surface area contributed by atoms with E-state index in [9.17, 15) is 18.0 Å². The summed E-state index contributed by atoms with van der Waals surface area (Å²) in [5, 5.41) is 0.424. The Bertz CT molecular complexity index is 1000. The Hall–Kier alpha value is -1.62. The van der Waals surface area contributed by atoms with Crippen LogP contribution in [0.25, 0.3) is 0 Å². The van der Waals surface area contributed by atoms with Gasteiger partial charge in [0.05, 0.1) is 23.9 Å². The molecule has 8 nitrogen and oxygen atoms in total. The van der Waals surface area contributed by atoms with Crippen LogP contribution < -0.4 is 0 Å². The molecule has 0 bridgehead atoms. The fourth-order valence-corrected chi connectivity index (χ4v) is 6.86. The molecule has 10 heteroatoms. The number of hydrogen-bond donors (Lipinski definition) is 0. The standard InChI is InChI=1S/C32H53NO7S2/c1-4-6-7-8-9-10-11-12-13-14-15-16-17-18-19-20-25-39-29(34)26-41-31-30(32(35)38-5-2)33(31)40-42(36,37)28-23-21-27(3)22-24-28/h21-24,30-31H,4-20,25-26H2,1-3H3. The lowest BCUT2D eigenvalue weighted by atomic mass is 10.0. The predicted molar refractivity (Wildman–Crippen MR) is 168 cm³/mol. The van der Waals surface area contributed by atoms with Crippen LogP contribution in [0.15, 0.2) is 29.2 Å². The van der Waals surface area contributed by atoms with Gasteiger partial charge in [0, 0.05) is 0 Å². The van der Waals surface area contributed by atoms with Crippen molar-refractivity contribution in [3.05, 3.63) is 29.8 Å². The van der Waals surface area contributed by atoms with Crippen LogP contribution in [-0.4, -0.2) is 55.8 Å². The Balaban J connectivity index is 1.52. The second-order valence-electron chi connectivity index (χ2n) is 11.1. The third-order valence-electron chi connectivity index (χ3n) is 7.36. The van der Waals surface area contributed by atoms with E-state index in [4.69, 9.17) is 13.8 Å². The minimum atomic E-state index is -4.12. The van der Waals surface area contributed by atoms with Gasteiger partial charge in [0.25, 0.3) is 0 Å². The summed E-state index contributed by atoms with van der Waals surface area (Å²) in [7, 11) is -4.12. The predicted octanol–water partition coefficient (Wildman–Crippen LogP) is 7.73. The minimum absolute atomic E-state index is 0.00966. The van der Waals surface area contributed by atoms with Gasteiger partial charge < -0.3 is 9.47 Å². The molecule has 0 N–H and O–H groups in total. The highest BCUT2D eigenvalue weighted by molar-refractivity contribution is 8.00. The fourth-order valence-electron chi connectivity index (χ4n) is 4.78. The first-order valence-electron chi connectivity index (χ1n) is 16.0. The van der Waals surface area contributed by atoms with Crippen molar-refractivity contribution in [3.8, 4) is 0 Å². The molecule has 0 aliphatic carbocycles.